The van der Waals surface area contributed by atoms with Gasteiger partial charge >= 0.3 is 0 Å². The van der Waals surface area contributed by atoms with Gasteiger partial charge < -0.3 is 20.1 Å². The maximum atomic E-state index is 13.0. The first-order chi connectivity index (χ1) is 18.8. The standard InChI is InChI=1S/C31H34N6OS/c1-20-8-9-21(2)27(17-20)34-28(38)12-16-36-30(29(35-31(36)39)26-7-5-6-13-33-26)25-18-22(3)37(23(25)4)19-24-10-14-32-15-11-24/h5-11,13-15,17-18,29-30H,12,16,19H2,1-4H3,(H,34,38)(H,35,39)/t29-,30+/m1/s1. The summed E-state index contributed by atoms with van der Waals surface area (Å²) in [6, 6.07) is 18.1. The summed E-state index contributed by atoms with van der Waals surface area (Å²) >= 11 is 5.84. The molecule has 1 amide bonds. The summed E-state index contributed by atoms with van der Waals surface area (Å²) in [7, 11) is 0. The van der Waals surface area contributed by atoms with Crippen molar-refractivity contribution >= 4 is 28.9 Å². The van der Waals surface area contributed by atoms with Gasteiger partial charge in [0, 0.05) is 55.2 Å². The molecule has 39 heavy (non-hydrogen) atoms. The predicted molar refractivity (Wildman–Crippen MR) is 159 cm³/mol. The number of carbonyl (C=O) groups excluding carboxylic acids is 1. The second-order valence-corrected chi connectivity index (χ2v) is 10.6. The highest BCUT2D eigenvalue weighted by atomic mass is 32.1. The first kappa shape index (κ1) is 26.6. The largest absolute Gasteiger partial charge is 0.352 e. The van der Waals surface area contributed by atoms with E-state index in [-0.39, 0.29) is 18.0 Å². The average Bonchev–Trinajstić information content (AvgIpc) is 3.41. The van der Waals surface area contributed by atoms with Gasteiger partial charge in [-0.3, -0.25) is 14.8 Å². The van der Waals surface area contributed by atoms with Gasteiger partial charge in [-0.1, -0.05) is 18.2 Å². The van der Waals surface area contributed by atoms with E-state index in [9.17, 15) is 4.79 Å². The first-order valence-electron chi connectivity index (χ1n) is 13.2. The predicted octanol–water partition coefficient (Wildman–Crippen LogP) is 5.56. The molecule has 1 aliphatic rings. The number of aromatic nitrogens is 3. The number of nitrogens with one attached hydrogen (secondary N) is 2. The van der Waals surface area contributed by atoms with Crippen LogP contribution in [-0.4, -0.2) is 37.0 Å². The lowest BCUT2D eigenvalue weighted by atomic mass is 9.96. The van der Waals surface area contributed by atoms with Crippen LogP contribution in [0.3, 0.4) is 0 Å². The highest BCUT2D eigenvalue weighted by molar-refractivity contribution is 7.80. The molecule has 1 fully saturated rings. The number of hydrogen-bond donors (Lipinski definition) is 2. The Balaban J connectivity index is 1.43. The number of anilines is 1. The molecule has 1 saturated heterocycles. The molecule has 3 aromatic heterocycles. The van der Waals surface area contributed by atoms with Crippen molar-refractivity contribution in [2.24, 2.45) is 0 Å². The molecule has 2 atom stereocenters. The molecule has 4 aromatic rings. The maximum Gasteiger partial charge on any atom is 0.226 e. The molecule has 0 spiro atoms. The third-order valence-corrected chi connectivity index (χ3v) is 7.82. The fourth-order valence-corrected chi connectivity index (χ4v) is 5.66. The maximum absolute atomic E-state index is 13.0. The molecule has 4 heterocycles. The summed E-state index contributed by atoms with van der Waals surface area (Å²) < 4.78 is 2.33. The third kappa shape index (κ3) is 5.71. The van der Waals surface area contributed by atoms with Crippen LogP contribution in [0.1, 0.15) is 57.8 Å². The number of thiocarbonyl (C=S) groups is 1. The Hall–Kier alpha value is -4.04. The minimum Gasteiger partial charge on any atom is -0.352 e. The third-order valence-electron chi connectivity index (χ3n) is 7.47. The summed E-state index contributed by atoms with van der Waals surface area (Å²) in [6.07, 6.45) is 5.78. The van der Waals surface area contributed by atoms with Gasteiger partial charge in [-0.2, -0.15) is 0 Å². The van der Waals surface area contributed by atoms with E-state index in [4.69, 9.17) is 12.2 Å². The van der Waals surface area contributed by atoms with E-state index in [0.717, 1.165) is 29.1 Å². The Kier molecular flexibility index (Phi) is 7.74. The highest BCUT2D eigenvalue weighted by Crippen LogP contribution is 2.41. The molecule has 2 N–H and O–H groups in total. The van der Waals surface area contributed by atoms with Crippen molar-refractivity contribution in [2.45, 2.75) is 52.7 Å². The lowest BCUT2D eigenvalue weighted by Gasteiger charge is -2.28. The molecule has 5 rings (SSSR count). The van der Waals surface area contributed by atoms with Crippen LogP contribution in [0.2, 0.25) is 0 Å². The van der Waals surface area contributed by atoms with Gasteiger partial charge in [0.25, 0.3) is 0 Å². The second kappa shape index (κ2) is 11.4. The number of aryl methyl sites for hydroxylation is 3. The van der Waals surface area contributed by atoms with Gasteiger partial charge in [-0.15, -0.1) is 0 Å². The molecular formula is C31H34N6OS. The van der Waals surface area contributed by atoms with Crippen LogP contribution in [0.4, 0.5) is 5.69 Å². The topological polar surface area (TPSA) is 75.1 Å². The van der Waals surface area contributed by atoms with Crippen molar-refractivity contribution in [1.82, 2.24) is 24.8 Å². The van der Waals surface area contributed by atoms with Crippen LogP contribution in [0.15, 0.2) is 73.2 Å². The minimum absolute atomic E-state index is 0.0327. The van der Waals surface area contributed by atoms with E-state index in [1.807, 2.05) is 81.0 Å². The van der Waals surface area contributed by atoms with Gasteiger partial charge in [0.1, 0.15) is 0 Å². The molecule has 0 bridgehead atoms. The van der Waals surface area contributed by atoms with E-state index >= 15 is 0 Å². The Bertz CT molecular complexity index is 1480. The number of carbonyl (C=O) groups is 1. The Morgan fingerprint density at radius 1 is 1.03 bits per heavy atom. The van der Waals surface area contributed by atoms with Crippen LogP contribution in [0, 0.1) is 27.7 Å². The van der Waals surface area contributed by atoms with Crippen molar-refractivity contribution in [3.05, 3.63) is 113 Å². The molecular weight excluding hydrogens is 504 g/mol. The van der Waals surface area contributed by atoms with E-state index < -0.39 is 0 Å². The molecule has 7 nitrogen and oxygen atoms in total. The van der Waals surface area contributed by atoms with Gasteiger partial charge in [0.15, 0.2) is 5.11 Å². The Labute approximate surface area is 235 Å². The lowest BCUT2D eigenvalue weighted by Crippen LogP contribution is -2.33. The lowest BCUT2D eigenvalue weighted by molar-refractivity contribution is -0.116. The zero-order valence-corrected chi connectivity index (χ0v) is 23.6. The summed E-state index contributed by atoms with van der Waals surface area (Å²) in [5, 5.41) is 7.23. The number of hydrogen-bond acceptors (Lipinski definition) is 4. The van der Waals surface area contributed by atoms with E-state index in [2.05, 4.69) is 50.0 Å². The first-order valence-corrected chi connectivity index (χ1v) is 13.6. The monoisotopic (exact) mass is 538 g/mol. The average molecular weight is 539 g/mol. The van der Waals surface area contributed by atoms with Crippen LogP contribution < -0.4 is 10.6 Å². The van der Waals surface area contributed by atoms with Crippen LogP contribution in [0.5, 0.6) is 0 Å². The summed E-state index contributed by atoms with van der Waals surface area (Å²) in [5.41, 5.74) is 8.65. The molecule has 1 aromatic carbocycles. The van der Waals surface area contributed by atoms with Crippen molar-refractivity contribution in [1.29, 1.82) is 0 Å². The molecule has 0 unspecified atom stereocenters. The number of pyridine rings is 2. The number of nitrogens with zero attached hydrogens (tertiary/aromatic N) is 4. The zero-order chi connectivity index (χ0) is 27.5. The summed E-state index contributed by atoms with van der Waals surface area (Å²) in [6.45, 7) is 9.57. The summed E-state index contributed by atoms with van der Waals surface area (Å²) in [4.78, 5) is 24.0. The molecule has 200 valence electrons. The Morgan fingerprint density at radius 2 is 1.82 bits per heavy atom. The minimum atomic E-state index is -0.129. The molecule has 0 saturated carbocycles. The van der Waals surface area contributed by atoms with Crippen LogP contribution in [-0.2, 0) is 11.3 Å². The zero-order valence-electron chi connectivity index (χ0n) is 22.8. The van der Waals surface area contributed by atoms with Crippen molar-refractivity contribution in [3.63, 3.8) is 0 Å². The quantitative estimate of drug-likeness (QED) is 0.286. The fraction of sp³-hybridized carbons (Fsp3) is 0.290. The molecule has 1 aliphatic heterocycles. The highest BCUT2D eigenvalue weighted by Gasteiger charge is 2.41. The van der Waals surface area contributed by atoms with Crippen LogP contribution in [0.25, 0.3) is 0 Å². The van der Waals surface area contributed by atoms with E-state index in [1.54, 1.807) is 0 Å². The SMILES string of the molecule is Cc1ccc(C)c(NC(=O)CCN2C(=S)N[C@H](c3ccccn3)[C@@H]2c2cc(C)n(Cc3ccncc3)c2C)c1. The van der Waals surface area contributed by atoms with Crippen molar-refractivity contribution in [3.8, 4) is 0 Å². The van der Waals surface area contributed by atoms with Gasteiger partial charge in [0.05, 0.1) is 17.8 Å². The number of amides is 1. The van der Waals surface area contributed by atoms with Gasteiger partial charge in [-0.05, 0) is 98.6 Å². The second-order valence-electron chi connectivity index (χ2n) is 10.2. The number of benzene rings is 1. The molecule has 0 radical (unpaired) electrons. The Morgan fingerprint density at radius 3 is 2.56 bits per heavy atom. The molecule has 0 aliphatic carbocycles. The van der Waals surface area contributed by atoms with Crippen LogP contribution >= 0.6 is 12.2 Å². The van der Waals surface area contributed by atoms with E-state index in [0.29, 0.717) is 18.1 Å². The smallest absolute Gasteiger partial charge is 0.226 e. The van der Waals surface area contributed by atoms with Crippen molar-refractivity contribution < 1.29 is 4.79 Å². The summed E-state index contributed by atoms with van der Waals surface area (Å²) in [5.74, 6) is -0.0327. The van der Waals surface area contributed by atoms with Crippen molar-refractivity contribution in [2.75, 3.05) is 11.9 Å². The normalized spacial score (nSPS) is 16.8. The fourth-order valence-electron chi connectivity index (χ4n) is 5.33. The van der Waals surface area contributed by atoms with Gasteiger partial charge in [0.2, 0.25) is 5.91 Å². The number of rotatable bonds is 8. The van der Waals surface area contributed by atoms with Gasteiger partial charge in [-0.25, -0.2) is 0 Å². The van der Waals surface area contributed by atoms with E-state index in [1.165, 1.54) is 22.5 Å². The molecule has 8 heteroatoms.